The van der Waals surface area contributed by atoms with Crippen molar-refractivity contribution in [1.29, 1.82) is 0 Å². The maximum Gasteiger partial charge on any atom is 0.236 e. The molecule has 2 N–H and O–H groups in total. The van der Waals surface area contributed by atoms with E-state index in [4.69, 9.17) is 23.2 Å². The molecule has 0 aliphatic heterocycles. The molecule has 0 saturated heterocycles. The summed E-state index contributed by atoms with van der Waals surface area (Å²) in [6.45, 7) is 5.30. The molecule has 19 heavy (non-hydrogen) atoms. The van der Waals surface area contributed by atoms with E-state index in [9.17, 15) is 4.79 Å². The van der Waals surface area contributed by atoms with Crippen LogP contribution in [-0.4, -0.2) is 25.0 Å². The Morgan fingerprint density at radius 3 is 2.68 bits per heavy atom. The summed E-state index contributed by atoms with van der Waals surface area (Å²) in [6.07, 6.45) is 1.71. The number of benzene rings is 1. The van der Waals surface area contributed by atoms with Crippen LogP contribution in [0.5, 0.6) is 0 Å². The Bertz CT molecular complexity index is 424. The van der Waals surface area contributed by atoms with E-state index in [0.29, 0.717) is 23.1 Å². The van der Waals surface area contributed by atoms with E-state index in [-0.39, 0.29) is 11.9 Å². The molecule has 106 valence electrons. The van der Waals surface area contributed by atoms with Gasteiger partial charge in [-0.3, -0.25) is 4.79 Å². The van der Waals surface area contributed by atoms with Crippen molar-refractivity contribution in [2.24, 2.45) is 0 Å². The second-order valence-corrected chi connectivity index (χ2v) is 5.30. The maximum absolute atomic E-state index is 11.6. The van der Waals surface area contributed by atoms with E-state index in [2.05, 4.69) is 10.6 Å². The van der Waals surface area contributed by atoms with Crippen LogP contribution in [0.3, 0.4) is 0 Å². The largest absolute Gasteiger partial charge is 0.355 e. The van der Waals surface area contributed by atoms with Crippen molar-refractivity contribution in [2.75, 3.05) is 13.1 Å². The van der Waals surface area contributed by atoms with E-state index in [1.165, 1.54) is 0 Å². The van der Waals surface area contributed by atoms with E-state index in [1.54, 1.807) is 6.07 Å². The van der Waals surface area contributed by atoms with Crippen LogP contribution in [0, 0.1) is 0 Å². The van der Waals surface area contributed by atoms with Crippen LogP contribution < -0.4 is 10.6 Å². The summed E-state index contributed by atoms with van der Waals surface area (Å²) in [4.78, 5) is 11.6. The Labute approximate surface area is 124 Å². The van der Waals surface area contributed by atoms with Crippen molar-refractivity contribution in [3.05, 3.63) is 33.8 Å². The van der Waals surface area contributed by atoms with Crippen molar-refractivity contribution >= 4 is 29.1 Å². The van der Waals surface area contributed by atoms with Crippen molar-refractivity contribution in [1.82, 2.24) is 10.6 Å². The van der Waals surface area contributed by atoms with Gasteiger partial charge < -0.3 is 10.6 Å². The quantitative estimate of drug-likeness (QED) is 0.813. The van der Waals surface area contributed by atoms with E-state index in [1.807, 2.05) is 26.0 Å². The van der Waals surface area contributed by atoms with Gasteiger partial charge in [-0.25, -0.2) is 0 Å². The van der Waals surface area contributed by atoms with Gasteiger partial charge in [0.1, 0.15) is 0 Å². The smallest absolute Gasteiger partial charge is 0.236 e. The standard InChI is InChI=1S/C14H20Cl2N2O/c1-3-7-18-14(19)10(2)17-8-6-11-4-5-12(15)9-13(11)16/h4-5,9-10,17H,3,6-8H2,1-2H3,(H,18,19). The molecule has 1 unspecified atom stereocenters. The summed E-state index contributed by atoms with van der Waals surface area (Å²) in [6, 6.07) is 5.27. The zero-order chi connectivity index (χ0) is 14.3. The monoisotopic (exact) mass is 302 g/mol. The predicted octanol–water partition coefficient (Wildman–Crippen LogP) is 3.04. The molecule has 0 aromatic heterocycles. The summed E-state index contributed by atoms with van der Waals surface area (Å²) in [5.41, 5.74) is 1.03. The van der Waals surface area contributed by atoms with Crippen LogP contribution in [0.4, 0.5) is 0 Å². The van der Waals surface area contributed by atoms with E-state index >= 15 is 0 Å². The maximum atomic E-state index is 11.6. The summed E-state index contributed by atoms with van der Waals surface area (Å²) in [5, 5.41) is 7.33. The number of nitrogens with one attached hydrogen (secondary N) is 2. The lowest BCUT2D eigenvalue weighted by atomic mass is 10.1. The van der Waals surface area contributed by atoms with Gasteiger partial charge >= 0.3 is 0 Å². The third kappa shape index (κ3) is 5.81. The Kier molecular flexibility index (Phi) is 7.21. The van der Waals surface area contributed by atoms with Crippen LogP contribution in [0.15, 0.2) is 18.2 Å². The predicted molar refractivity (Wildman–Crippen MR) is 80.9 cm³/mol. The molecular weight excluding hydrogens is 283 g/mol. The number of hydrogen-bond donors (Lipinski definition) is 2. The highest BCUT2D eigenvalue weighted by Crippen LogP contribution is 2.21. The molecule has 5 heteroatoms. The van der Waals surface area contributed by atoms with Crippen LogP contribution >= 0.6 is 23.2 Å². The zero-order valence-electron chi connectivity index (χ0n) is 11.3. The number of halogens is 2. The lowest BCUT2D eigenvalue weighted by molar-refractivity contribution is -0.122. The highest BCUT2D eigenvalue weighted by atomic mass is 35.5. The Morgan fingerprint density at radius 2 is 2.05 bits per heavy atom. The van der Waals surface area contributed by atoms with E-state index < -0.39 is 0 Å². The molecule has 0 bridgehead atoms. The number of carbonyl (C=O) groups excluding carboxylic acids is 1. The Hall–Kier alpha value is -0.770. The zero-order valence-corrected chi connectivity index (χ0v) is 12.8. The van der Waals surface area contributed by atoms with Crippen molar-refractivity contribution < 1.29 is 4.79 Å². The second-order valence-electron chi connectivity index (χ2n) is 4.45. The summed E-state index contributed by atoms with van der Waals surface area (Å²) in [5.74, 6) is 0.0315. The molecule has 1 aromatic carbocycles. The van der Waals surface area contributed by atoms with Gasteiger partial charge in [0.25, 0.3) is 0 Å². The molecule has 1 atom stereocenters. The first-order valence-corrected chi connectivity index (χ1v) is 7.25. The molecule has 1 aromatic rings. The minimum absolute atomic E-state index is 0.0315. The molecule has 1 rings (SSSR count). The summed E-state index contributed by atoms with van der Waals surface area (Å²) >= 11 is 11.9. The number of amides is 1. The fourth-order valence-electron chi connectivity index (χ4n) is 1.64. The normalized spacial score (nSPS) is 12.2. The number of hydrogen-bond acceptors (Lipinski definition) is 2. The molecule has 0 aliphatic carbocycles. The van der Waals surface area contributed by atoms with Gasteiger partial charge in [-0.1, -0.05) is 36.2 Å². The van der Waals surface area contributed by atoms with Crippen LogP contribution in [0.2, 0.25) is 10.0 Å². The molecule has 0 radical (unpaired) electrons. The first-order valence-electron chi connectivity index (χ1n) is 6.49. The molecular formula is C14H20Cl2N2O. The third-order valence-electron chi connectivity index (χ3n) is 2.80. The number of rotatable bonds is 7. The average molecular weight is 303 g/mol. The first kappa shape index (κ1) is 16.3. The van der Waals surface area contributed by atoms with Crippen LogP contribution in [0.1, 0.15) is 25.8 Å². The average Bonchev–Trinajstić information content (AvgIpc) is 2.38. The van der Waals surface area contributed by atoms with Crippen LogP contribution in [0.25, 0.3) is 0 Å². The molecule has 0 fully saturated rings. The SMILES string of the molecule is CCCNC(=O)C(C)NCCc1ccc(Cl)cc1Cl. The van der Waals surface area contributed by atoms with Gasteiger partial charge in [0.15, 0.2) is 0 Å². The van der Waals surface area contributed by atoms with Gasteiger partial charge in [-0.15, -0.1) is 0 Å². The van der Waals surface area contributed by atoms with Crippen molar-refractivity contribution in [2.45, 2.75) is 32.7 Å². The second kappa shape index (κ2) is 8.41. The van der Waals surface area contributed by atoms with Gasteiger partial charge in [0.2, 0.25) is 5.91 Å². The molecule has 3 nitrogen and oxygen atoms in total. The molecule has 1 amide bonds. The highest BCUT2D eigenvalue weighted by molar-refractivity contribution is 6.35. The van der Waals surface area contributed by atoms with Gasteiger partial charge in [0.05, 0.1) is 6.04 Å². The van der Waals surface area contributed by atoms with E-state index in [0.717, 1.165) is 18.4 Å². The van der Waals surface area contributed by atoms with Crippen molar-refractivity contribution in [3.63, 3.8) is 0 Å². The fraction of sp³-hybridized carbons (Fsp3) is 0.500. The third-order valence-corrected chi connectivity index (χ3v) is 3.39. The van der Waals surface area contributed by atoms with Gasteiger partial charge in [-0.2, -0.15) is 0 Å². The summed E-state index contributed by atoms with van der Waals surface area (Å²) in [7, 11) is 0. The number of carbonyl (C=O) groups is 1. The molecule has 0 aliphatic rings. The minimum atomic E-state index is -0.197. The first-order chi connectivity index (χ1) is 9.04. The molecule has 0 spiro atoms. The molecule has 0 saturated carbocycles. The fourth-order valence-corrected chi connectivity index (χ4v) is 2.14. The lowest BCUT2D eigenvalue weighted by Crippen LogP contribution is -2.43. The molecule has 0 heterocycles. The topological polar surface area (TPSA) is 41.1 Å². The van der Waals surface area contributed by atoms with Gasteiger partial charge in [-0.05, 0) is 44.0 Å². The van der Waals surface area contributed by atoms with Crippen molar-refractivity contribution in [3.8, 4) is 0 Å². The Morgan fingerprint density at radius 1 is 1.32 bits per heavy atom. The Balaban J connectivity index is 2.35. The summed E-state index contributed by atoms with van der Waals surface area (Å²) < 4.78 is 0. The highest BCUT2D eigenvalue weighted by Gasteiger charge is 2.11. The van der Waals surface area contributed by atoms with Crippen LogP contribution in [-0.2, 0) is 11.2 Å². The lowest BCUT2D eigenvalue weighted by Gasteiger charge is -2.14. The van der Waals surface area contributed by atoms with Gasteiger partial charge in [0, 0.05) is 16.6 Å². The minimum Gasteiger partial charge on any atom is -0.355 e.